The van der Waals surface area contributed by atoms with Crippen LogP contribution in [0.15, 0.2) is 42.5 Å². The van der Waals surface area contributed by atoms with Crippen LogP contribution >= 0.6 is 0 Å². The Morgan fingerprint density at radius 3 is 2.61 bits per heavy atom. The lowest BCUT2D eigenvalue weighted by molar-refractivity contribution is 0.0657. The Balaban J connectivity index is 1.89. The normalized spacial score (nSPS) is 12.6. The molecule has 2 aromatic carbocycles. The number of rotatable bonds is 3. The molecule has 0 saturated heterocycles. The maximum absolute atomic E-state index is 5.66. The van der Waals surface area contributed by atoms with Crippen LogP contribution in [-0.2, 0) is 17.8 Å². The summed E-state index contributed by atoms with van der Waals surface area (Å²) in [6.07, 6.45) is 1.34. The van der Waals surface area contributed by atoms with Crippen molar-refractivity contribution in [1.29, 1.82) is 0 Å². The number of benzene rings is 2. The largest absolute Gasteiger partial charge is 0.374 e. The van der Waals surface area contributed by atoms with Crippen LogP contribution in [0.3, 0.4) is 0 Å². The van der Waals surface area contributed by atoms with Gasteiger partial charge in [0.25, 0.3) is 0 Å². The fourth-order valence-corrected chi connectivity index (χ4v) is 2.55. The van der Waals surface area contributed by atoms with E-state index >= 15 is 0 Å². The van der Waals surface area contributed by atoms with Crippen molar-refractivity contribution in [2.75, 3.05) is 0 Å². The van der Waals surface area contributed by atoms with Crippen LogP contribution in [0.5, 0.6) is 0 Å². The lowest BCUT2D eigenvalue weighted by atomic mass is 10.0. The zero-order valence-corrected chi connectivity index (χ0v) is 10.9. The molecule has 0 fully saturated rings. The third kappa shape index (κ3) is 2.06. The van der Waals surface area contributed by atoms with Gasteiger partial charge < -0.3 is 4.74 Å². The van der Waals surface area contributed by atoms with Gasteiger partial charge in [-0.2, -0.15) is 0 Å². The average Bonchev–Trinajstić information content (AvgIpc) is 2.73. The molecule has 1 aliphatic carbocycles. The molecule has 18 heavy (non-hydrogen) atoms. The van der Waals surface area contributed by atoms with Crippen molar-refractivity contribution in [1.82, 2.24) is 0 Å². The third-order valence-corrected chi connectivity index (χ3v) is 3.44. The van der Waals surface area contributed by atoms with Gasteiger partial charge in [0.2, 0.25) is 0 Å². The van der Waals surface area contributed by atoms with Crippen LogP contribution in [0.25, 0.3) is 11.1 Å². The summed E-state index contributed by atoms with van der Waals surface area (Å²) in [7, 11) is 0. The van der Waals surface area contributed by atoms with Gasteiger partial charge in [-0.15, -0.1) is 0 Å². The Morgan fingerprint density at radius 1 is 1.00 bits per heavy atom. The van der Waals surface area contributed by atoms with Crippen LogP contribution in [0, 0.1) is 0 Å². The lowest BCUT2D eigenvalue weighted by Gasteiger charge is -2.09. The number of fused-ring (bicyclic) bond motifs is 3. The molecule has 0 saturated carbocycles. The summed E-state index contributed by atoms with van der Waals surface area (Å²) < 4.78 is 5.66. The summed E-state index contributed by atoms with van der Waals surface area (Å²) in [5.41, 5.74) is 6.92. The molecule has 0 aromatic heterocycles. The van der Waals surface area contributed by atoms with Crippen molar-refractivity contribution in [2.24, 2.45) is 0 Å². The van der Waals surface area contributed by atoms with Crippen molar-refractivity contribution in [2.45, 2.75) is 33.0 Å². The monoisotopic (exact) mass is 238 g/mol. The summed E-state index contributed by atoms with van der Waals surface area (Å²) in [6, 6.07) is 15.4. The van der Waals surface area contributed by atoms with Crippen molar-refractivity contribution in [3.63, 3.8) is 0 Å². The second kappa shape index (κ2) is 4.58. The first-order valence-electron chi connectivity index (χ1n) is 6.56. The SMILES string of the molecule is CC(C)OCc1ccc2c(c1)Cc1ccccc1-2. The minimum Gasteiger partial charge on any atom is -0.374 e. The first-order chi connectivity index (χ1) is 8.74. The average molecular weight is 238 g/mol. The highest BCUT2D eigenvalue weighted by molar-refractivity contribution is 5.76. The summed E-state index contributed by atoms with van der Waals surface area (Å²) in [6.45, 7) is 4.85. The van der Waals surface area contributed by atoms with E-state index in [9.17, 15) is 0 Å². The molecule has 0 amide bonds. The summed E-state index contributed by atoms with van der Waals surface area (Å²) in [5, 5.41) is 0. The second-order valence-corrected chi connectivity index (χ2v) is 5.19. The molecule has 0 heterocycles. The molecule has 1 aliphatic rings. The first kappa shape index (κ1) is 11.5. The van der Waals surface area contributed by atoms with Crippen LogP contribution in [0.1, 0.15) is 30.5 Å². The fourth-order valence-electron chi connectivity index (χ4n) is 2.55. The van der Waals surface area contributed by atoms with Crippen LogP contribution < -0.4 is 0 Å². The molecule has 3 rings (SSSR count). The van der Waals surface area contributed by atoms with Gasteiger partial charge in [0.1, 0.15) is 0 Å². The number of hydrogen-bond donors (Lipinski definition) is 0. The molecule has 0 aliphatic heterocycles. The van der Waals surface area contributed by atoms with E-state index in [-0.39, 0.29) is 6.10 Å². The van der Waals surface area contributed by atoms with Gasteiger partial charge in [-0.1, -0.05) is 42.5 Å². The predicted molar refractivity (Wildman–Crippen MR) is 74.6 cm³/mol. The standard InChI is InChI=1S/C17H18O/c1-12(2)18-11-13-7-8-17-15(9-13)10-14-5-3-4-6-16(14)17/h3-9,12H,10-11H2,1-2H3. The maximum Gasteiger partial charge on any atom is 0.0720 e. The molecule has 1 nitrogen and oxygen atoms in total. The van der Waals surface area contributed by atoms with E-state index in [4.69, 9.17) is 4.74 Å². The molecular weight excluding hydrogens is 220 g/mol. The van der Waals surface area contributed by atoms with E-state index in [1.54, 1.807) is 0 Å². The molecule has 0 atom stereocenters. The van der Waals surface area contributed by atoms with Crippen molar-refractivity contribution in [3.05, 3.63) is 59.2 Å². The molecule has 2 aromatic rings. The Bertz CT molecular complexity index is 570. The van der Waals surface area contributed by atoms with Gasteiger partial charge in [0.05, 0.1) is 12.7 Å². The molecular formula is C17H18O. The van der Waals surface area contributed by atoms with E-state index in [0.717, 1.165) is 6.42 Å². The van der Waals surface area contributed by atoms with Gasteiger partial charge in [0.15, 0.2) is 0 Å². The van der Waals surface area contributed by atoms with Gasteiger partial charge >= 0.3 is 0 Å². The van der Waals surface area contributed by atoms with Crippen molar-refractivity contribution >= 4 is 0 Å². The lowest BCUT2D eigenvalue weighted by Crippen LogP contribution is -2.02. The zero-order chi connectivity index (χ0) is 12.5. The highest BCUT2D eigenvalue weighted by Crippen LogP contribution is 2.36. The number of ether oxygens (including phenoxy) is 1. The molecule has 0 spiro atoms. The third-order valence-electron chi connectivity index (χ3n) is 3.44. The van der Waals surface area contributed by atoms with Gasteiger partial charge in [0, 0.05) is 0 Å². The van der Waals surface area contributed by atoms with Crippen molar-refractivity contribution < 1.29 is 4.74 Å². The molecule has 0 unspecified atom stereocenters. The van der Waals surface area contributed by atoms with E-state index in [0.29, 0.717) is 6.61 Å². The van der Waals surface area contributed by atoms with E-state index in [2.05, 4.69) is 56.3 Å². The fraction of sp³-hybridized carbons (Fsp3) is 0.294. The van der Waals surface area contributed by atoms with Crippen LogP contribution in [0.4, 0.5) is 0 Å². The highest BCUT2D eigenvalue weighted by atomic mass is 16.5. The molecule has 92 valence electrons. The minimum atomic E-state index is 0.287. The summed E-state index contributed by atoms with van der Waals surface area (Å²) >= 11 is 0. The number of hydrogen-bond acceptors (Lipinski definition) is 1. The van der Waals surface area contributed by atoms with E-state index < -0.39 is 0 Å². The molecule has 0 bridgehead atoms. The summed E-state index contributed by atoms with van der Waals surface area (Å²) in [5.74, 6) is 0. The smallest absolute Gasteiger partial charge is 0.0720 e. The Kier molecular flexibility index (Phi) is 2.92. The molecule has 1 heteroatoms. The maximum atomic E-state index is 5.66. The molecule has 0 radical (unpaired) electrons. The van der Waals surface area contributed by atoms with Gasteiger partial charge in [-0.05, 0) is 48.1 Å². The zero-order valence-electron chi connectivity index (χ0n) is 10.9. The second-order valence-electron chi connectivity index (χ2n) is 5.19. The highest BCUT2D eigenvalue weighted by Gasteiger charge is 2.17. The Labute approximate surface area is 108 Å². The predicted octanol–water partition coefficient (Wildman–Crippen LogP) is 4.18. The van der Waals surface area contributed by atoms with Crippen molar-refractivity contribution in [3.8, 4) is 11.1 Å². The topological polar surface area (TPSA) is 9.23 Å². The quantitative estimate of drug-likeness (QED) is 0.665. The Morgan fingerprint density at radius 2 is 1.78 bits per heavy atom. The van der Waals surface area contributed by atoms with Gasteiger partial charge in [-0.3, -0.25) is 0 Å². The van der Waals surface area contributed by atoms with Crippen LogP contribution in [0.2, 0.25) is 0 Å². The Hall–Kier alpha value is -1.60. The van der Waals surface area contributed by atoms with E-state index in [1.165, 1.54) is 27.8 Å². The van der Waals surface area contributed by atoms with E-state index in [1.807, 2.05) is 0 Å². The minimum absolute atomic E-state index is 0.287. The summed E-state index contributed by atoms with van der Waals surface area (Å²) in [4.78, 5) is 0. The van der Waals surface area contributed by atoms with Gasteiger partial charge in [-0.25, -0.2) is 0 Å². The van der Waals surface area contributed by atoms with Crippen LogP contribution in [-0.4, -0.2) is 6.10 Å². The molecule has 0 N–H and O–H groups in total. The first-order valence-corrected chi connectivity index (χ1v) is 6.56.